The van der Waals surface area contributed by atoms with E-state index in [9.17, 15) is 9.59 Å². The molecular weight excluding hydrogens is 401 g/mol. The van der Waals surface area contributed by atoms with Gasteiger partial charge in [-0.3, -0.25) is 9.59 Å². The van der Waals surface area contributed by atoms with Crippen LogP contribution in [0.3, 0.4) is 0 Å². The zero-order chi connectivity index (χ0) is 20.4. The van der Waals surface area contributed by atoms with Crippen molar-refractivity contribution >= 4 is 40.7 Å². The van der Waals surface area contributed by atoms with Crippen LogP contribution in [0.2, 0.25) is 0 Å². The number of para-hydroxylation sites is 1. The molecule has 150 valence electrons. The maximum atomic E-state index is 12.9. The Hall–Kier alpha value is -2.15. The summed E-state index contributed by atoms with van der Waals surface area (Å²) >= 11 is 11.2. The van der Waals surface area contributed by atoms with Crippen molar-refractivity contribution < 1.29 is 14.3 Å². The molecular formula is C20H23Cl2N3O3. The standard InChI is InChI=1S/C20H23Cl2N3O3/c1-14-7-8-16(18(24-14)20(27)23-11-4-10-21)19(26)25-17-6-3-2-5-15(17)9-12-28-13-22/h2-3,5-8H,4,9-13H2,1H3,(H,23,27)(H,25,26). The molecule has 2 aromatic rings. The minimum atomic E-state index is -0.402. The average Bonchev–Trinajstić information content (AvgIpc) is 2.69. The fourth-order valence-electron chi connectivity index (χ4n) is 2.55. The molecule has 8 heteroatoms. The van der Waals surface area contributed by atoms with Crippen LogP contribution in [0.4, 0.5) is 5.69 Å². The fraction of sp³-hybridized carbons (Fsp3) is 0.350. The molecule has 2 amide bonds. The van der Waals surface area contributed by atoms with Gasteiger partial charge in [0.25, 0.3) is 11.8 Å². The second kappa shape index (κ2) is 11.6. The van der Waals surface area contributed by atoms with E-state index >= 15 is 0 Å². The number of ether oxygens (including phenoxy) is 1. The molecule has 2 rings (SSSR count). The number of pyridine rings is 1. The summed E-state index contributed by atoms with van der Waals surface area (Å²) < 4.78 is 5.17. The number of hydrogen-bond donors (Lipinski definition) is 2. The van der Waals surface area contributed by atoms with Gasteiger partial charge in [0.1, 0.15) is 11.8 Å². The van der Waals surface area contributed by atoms with Crippen molar-refractivity contribution in [1.29, 1.82) is 0 Å². The molecule has 0 saturated carbocycles. The molecule has 0 saturated heterocycles. The normalized spacial score (nSPS) is 10.5. The number of anilines is 1. The molecule has 1 aromatic carbocycles. The van der Waals surface area contributed by atoms with E-state index < -0.39 is 11.8 Å². The second-order valence-electron chi connectivity index (χ2n) is 6.03. The van der Waals surface area contributed by atoms with Crippen LogP contribution in [0.1, 0.15) is 38.5 Å². The average molecular weight is 424 g/mol. The Kier molecular flexibility index (Phi) is 9.20. The Balaban J connectivity index is 2.20. The lowest BCUT2D eigenvalue weighted by atomic mass is 10.1. The lowest BCUT2D eigenvalue weighted by molar-refractivity contribution is 0.0935. The molecule has 1 aromatic heterocycles. The lowest BCUT2D eigenvalue weighted by Crippen LogP contribution is -2.29. The highest BCUT2D eigenvalue weighted by Crippen LogP contribution is 2.18. The third-order valence-electron chi connectivity index (χ3n) is 3.95. The van der Waals surface area contributed by atoms with E-state index in [1.54, 1.807) is 25.1 Å². The van der Waals surface area contributed by atoms with Crippen LogP contribution < -0.4 is 10.6 Å². The number of rotatable bonds is 10. The number of carbonyl (C=O) groups excluding carboxylic acids is 2. The summed E-state index contributed by atoms with van der Waals surface area (Å²) in [6.07, 6.45) is 1.24. The Morgan fingerprint density at radius 3 is 2.64 bits per heavy atom. The third kappa shape index (κ3) is 6.48. The van der Waals surface area contributed by atoms with Gasteiger partial charge >= 0.3 is 0 Å². The molecule has 0 aliphatic carbocycles. The van der Waals surface area contributed by atoms with Crippen LogP contribution in [0.15, 0.2) is 36.4 Å². The molecule has 0 atom stereocenters. The van der Waals surface area contributed by atoms with E-state index in [4.69, 9.17) is 27.9 Å². The van der Waals surface area contributed by atoms with Gasteiger partial charge in [-0.1, -0.05) is 29.8 Å². The molecule has 0 unspecified atom stereocenters. The van der Waals surface area contributed by atoms with Crippen molar-refractivity contribution in [3.63, 3.8) is 0 Å². The van der Waals surface area contributed by atoms with Crippen LogP contribution >= 0.6 is 23.2 Å². The van der Waals surface area contributed by atoms with Gasteiger partial charge in [0.15, 0.2) is 0 Å². The molecule has 0 aliphatic heterocycles. The Morgan fingerprint density at radius 1 is 1.11 bits per heavy atom. The molecule has 0 fully saturated rings. The highest BCUT2D eigenvalue weighted by Gasteiger charge is 2.19. The Morgan fingerprint density at radius 2 is 1.89 bits per heavy atom. The predicted molar refractivity (Wildman–Crippen MR) is 111 cm³/mol. The first-order valence-corrected chi connectivity index (χ1v) is 9.98. The molecule has 1 heterocycles. The highest BCUT2D eigenvalue weighted by atomic mass is 35.5. The lowest BCUT2D eigenvalue weighted by Gasteiger charge is -2.13. The molecule has 0 spiro atoms. The molecule has 0 bridgehead atoms. The SMILES string of the molecule is Cc1ccc(C(=O)Nc2ccccc2CCOCCl)c(C(=O)NCCCCl)n1. The maximum absolute atomic E-state index is 12.9. The van der Waals surface area contributed by atoms with Gasteiger partial charge in [-0.25, -0.2) is 4.98 Å². The largest absolute Gasteiger partial charge is 0.365 e. The van der Waals surface area contributed by atoms with Gasteiger partial charge in [0, 0.05) is 23.8 Å². The zero-order valence-corrected chi connectivity index (χ0v) is 17.1. The number of alkyl halides is 2. The van der Waals surface area contributed by atoms with Crippen molar-refractivity contribution in [2.45, 2.75) is 19.8 Å². The number of hydrogen-bond acceptors (Lipinski definition) is 4. The first-order chi connectivity index (χ1) is 13.6. The van der Waals surface area contributed by atoms with Crippen molar-refractivity contribution in [2.24, 2.45) is 0 Å². The summed E-state index contributed by atoms with van der Waals surface area (Å²) in [4.78, 5) is 29.6. The number of benzene rings is 1. The Bertz CT molecular complexity index is 815. The second-order valence-corrected chi connectivity index (χ2v) is 6.62. The van der Waals surface area contributed by atoms with Gasteiger partial charge in [-0.2, -0.15) is 0 Å². The summed E-state index contributed by atoms with van der Waals surface area (Å²) in [5.74, 6) is -0.359. The van der Waals surface area contributed by atoms with Gasteiger partial charge in [0.2, 0.25) is 0 Å². The van der Waals surface area contributed by atoms with Gasteiger partial charge < -0.3 is 15.4 Å². The highest BCUT2D eigenvalue weighted by molar-refractivity contribution is 6.18. The summed E-state index contributed by atoms with van der Waals surface area (Å²) in [7, 11) is 0. The summed E-state index contributed by atoms with van der Waals surface area (Å²) in [5, 5.41) is 5.60. The van der Waals surface area contributed by atoms with Crippen LogP contribution in [-0.4, -0.2) is 41.9 Å². The monoisotopic (exact) mass is 423 g/mol. The van der Waals surface area contributed by atoms with Crippen molar-refractivity contribution in [3.8, 4) is 0 Å². The number of nitrogens with zero attached hydrogens (tertiary/aromatic N) is 1. The molecule has 28 heavy (non-hydrogen) atoms. The van der Waals surface area contributed by atoms with E-state index in [1.165, 1.54) is 0 Å². The molecule has 0 aliphatic rings. The first kappa shape index (κ1) is 22.1. The summed E-state index contributed by atoms with van der Waals surface area (Å²) in [6.45, 7) is 2.63. The predicted octanol–water partition coefficient (Wildman–Crippen LogP) is 3.76. The Labute approximate surface area is 174 Å². The maximum Gasteiger partial charge on any atom is 0.270 e. The minimum absolute atomic E-state index is 0.0926. The number of nitrogens with one attached hydrogen (secondary N) is 2. The summed E-state index contributed by atoms with van der Waals surface area (Å²) in [6, 6.07) is 10.8. The molecule has 6 nitrogen and oxygen atoms in total. The van der Waals surface area contributed by atoms with Crippen LogP contribution in [0.5, 0.6) is 0 Å². The van der Waals surface area contributed by atoms with E-state index in [1.807, 2.05) is 18.2 Å². The van der Waals surface area contributed by atoms with Gasteiger partial charge in [0.05, 0.1) is 12.2 Å². The van der Waals surface area contributed by atoms with Crippen LogP contribution in [0, 0.1) is 6.92 Å². The number of aromatic nitrogens is 1. The van der Waals surface area contributed by atoms with Crippen molar-refractivity contribution in [1.82, 2.24) is 10.3 Å². The topological polar surface area (TPSA) is 80.3 Å². The van der Waals surface area contributed by atoms with E-state index in [0.717, 1.165) is 5.56 Å². The van der Waals surface area contributed by atoms with E-state index in [-0.39, 0.29) is 17.3 Å². The third-order valence-corrected chi connectivity index (χ3v) is 4.37. The zero-order valence-electron chi connectivity index (χ0n) is 15.6. The molecule has 0 radical (unpaired) electrons. The fourth-order valence-corrected chi connectivity index (χ4v) is 2.79. The van der Waals surface area contributed by atoms with E-state index in [0.29, 0.717) is 43.3 Å². The van der Waals surface area contributed by atoms with Gasteiger partial charge in [-0.05, 0) is 43.5 Å². The number of aryl methyl sites for hydroxylation is 1. The van der Waals surface area contributed by atoms with Crippen LogP contribution in [-0.2, 0) is 11.2 Å². The number of amides is 2. The smallest absolute Gasteiger partial charge is 0.270 e. The van der Waals surface area contributed by atoms with Crippen molar-refractivity contribution in [2.75, 3.05) is 30.4 Å². The first-order valence-electron chi connectivity index (χ1n) is 8.91. The number of halogens is 2. The van der Waals surface area contributed by atoms with Gasteiger partial charge in [-0.15, -0.1) is 11.6 Å². The van der Waals surface area contributed by atoms with Crippen LogP contribution in [0.25, 0.3) is 0 Å². The van der Waals surface area contributed by atoms with Crippen molar-refractivity contribution in [3.05, 3.63) is 58.9 Å². The van der Waals surface area contributed by atoms with E-state index in [2.05, 4.69) is 15.6 Å². The number of carbonyl (C=O) groups is 2. The summed E-state index contributed by atoms with van der Waals surface area (Å²) in [5.41, 5.74) is 2.52. The minimum Gasteiger partial charge on any atom is -0.365 e. The molecule has 2 N–H and O–H groups in total. The quantitative estimate of drug-likeness (QED) is 0.450.